The molecule has 234 valence electrons. The summed E-state index contributed by atoms with van der Waals surface area (Å²) in [4.78, 5) is 2.22. The monoisotopic (exact) mass is 620 g/mol. The van der Waals surface area contributed by atoms with Gasteiger partial charge in [0.2, 0.25) is 0 Å². The van der Waals surface area contributed by atoms with Crippen molar-refractivity contribution in [2.24, 2.45) is 5.92 Å². The Bertz CT molecular complexity index is 2310. The zero-order chi connectivity index (χ0) is 33.0. The quantitative estimate of drug-likeness (QED) is 0.109. The predicted molar refractivity (Wildman–Crippen MR) is 210 cm³/mol. The van der Waals surface area contributed by atoms with E-state index in [2.05, 4.69) is 194 Å². The second-order valence-corrected chi connectivity index (χ2v) is 12.4. The zero-order valence-electron chi connectivity index (χ0n) is 27.7. The second-order valence-electron chi connectivity index (χ2n) is 12.4. The molecule has 1 atom stereocenters. The molecule has 1 unspecified atom stereocenters. The van der Waals surface area contributed by atoms with Gasteiger partial charge >= 0.3 is 0 Å². The van der Waals surface area contributed by atoms with Crippen molar-refractivity contribution in [2.75, 3.05) is 11.9 Å². The molecule has 6 aromatic carbocycles. The molecule has 7 rings (SSSR count). The number of anilines is 2. The third-order valence-electron chi connectivity index (χ3n) is 9.37. The summed E-state index contributed by atoms with van der Waals surface area (Å²) in [6.07, 6.45) is 11.3. The van der Waals surface area contributed by atoms with Gasteiger partial charge in [-0.1, -0.05) is 117 Å². The molecule has 2 heteroatoms. The van der Waals surface area contributed by atoms with Crippen LogP contribution in [0.2, 0.25) is 0 Å². The van der Waals surface area contributed by atoms with Crippen molar-refractivity contribution in [1.29, 1.82) is 0 Å². The first-order valence-electron chi connectivity index (χ1n) is 16.6. The van der Waals surface area contributed by atoms with Crippen LogP contribution in [0.5, 0.6) is 0 Å². The number of aromatic nitrogens is 1. The second kappa shape index (κ2) is 13.5. The average molecular weight is 621 g/mol. The molecule has 0 aliphatic carbocycles. The highest BCUT2D eigenvalue weighted by Crippen LogP contribution is 2.39. The molecule has 0 amide bonds. The highest BCUT2D eigenvalue weighted by atomic mass is 15.1. The fourth-order valence-corrected chi connectivity index (χ4v) is 6.64. The van der Waals surface area contributed by atoms with Gasteiger partial charge in [0, 0.05) is 34.9 Å². The van der Waals surface area contributed by atoms with Crippen LogP contribution >= 0.6 is 0 Å². The Morgan fingerprint density at radius 3 is 2.19 bits per heavy atom. The molecule has 0 bridgehead atoms. The van der Waals surface area contributed by atoms with Crippen LogP contribution in [0.3, 0.4) is 0 Å². The van der Waals surface area contributed by atoms with E-state index in [4.69, 9.17) is 0 Å². The van der Waals surface area contributed by atoms with Gasteiger partial charge in [-0.25, -0.2) is 0 Å². The molecule has 0 spiro atoms. The number of hydrogen-bond donors (Lipinski definition) is 0. The average Bonchev–Trinajstić information content (AvgIpc) is 3.47. The van der Waals surface area contributed by atoms with E-state index in [1.54, 1.807) is 0 Å². The molecule has 1 aromatic heterocycles. The van der Waals surface area contributed by atoms with Crippen molar-refractivity contribution in [2.45, 2.75) is 13.3 Å². The van der Waals surface area contributed by atoms with Crippen molar-refractivity contribution >= 4 is 49.5 Å². The topological polar surface area (TPSA) is 8.17 Å². The molecule has 0 fully saturated rings. The third kappa shape index (κ3) is 5.89. The van der Waals surface area contributed by atoms with Gasteiger partial charge in [0.15, 0.2) is 0 Å². The van der Waals surface area contributed by atoms with Crippen LogP contribution in [0.15, 0.2) is 177 Å². The molecular weight excluding hydrogens is 581 g/mol. The molecule has 7 aromatic rings. The number of benzene rings is 6. The first kappa shape index (κ1) is 30.8. The lowest BCUT2D eigenvalue weighted by molar-refractivity contribution is 0.967. The first-order chi connectivity index (χ1) is 23.5. The van der Waals surface area contributed by atoms with Gasteiger partial charge in [-0.15, -0.1) is 6.58 Å². The molecule has 0 saturated carbocycles. The first-order valence-corrected chi connectivity index (χ1v) is 16.6. The summed E-state index contributed by atoms with van der Waals surface area (Å²) in [5.74, 6) is 0.199. The Kier molecular flexibility index (Phi) is 8.64. The summed E-state index contributed by atoms with van der Waals surface area (Å²) in [5, 5.41) is 4.96. The smallest absolute Gasteiger partial charge is 0.0541 e. The fourth-order valence-electron chi connectivity index (χ4n) is 6.64. The molecule has 0 N–H and O–H groups in total. The van der Waals surface area contributed by atoms with E-state index in [1.165, 1.54) is 43.7 Å². The maximum absolute atomic E-state index is 4.54. The van der Waals surface area contributed by atoms with E-state index < -0.39 is 0 Å². The van der Waals surface area contributed by atoms with Gasteiger partial charge < -0.3 is 9.47 Å². The van der Waals surface area contributed by atoms with E-state index in [0.717, 1.165) is 34.6 Å². The number of hydrogen-bond acceptors (Lipinski definition) is 1. The minimum Gasteiger partial charge on any atom is -0.345 e. The molecule has 2 nitrogen and oxygen atoms in total. The lowest BCUT2D eigenvalue weighted by Crippen LogP contribution is -2.09. The van der Waals surface area contributed by atoms with E-state index >= 15 is 0 Å². The molecule has 1 heterocycles. The number of allylic oxidation sites excluding steroid dienone is 6. The van der Waals surface area contributed by atoms with Crippen LogP contribution in [0.1, 0.15) is 18.9 Å². The van der Waals surface area contributed by atoms with E-state index in [9.17, 15) is 0 Å². The van der Waals surface area contributed by atoms with Gasteiger partial charge in [0.1, 0.15) is 0 Å². The Balaban J connectivity index is 1.35. The van der Waals surface area contributed by atoms with Crippen LogP contribution in [0, 0.1) is 5.92 Å². The largest absolute Gasteiger partial charge is 0.345 e. The maximum atomic E-state index is 4.54. The Hall–Kier alpha value is -5.86. The number of fused-ring (bicyclic) bond motifs is 4. The van der Waals surface area contributed by atoms with Crippen molar-refractivity contribution in [3.05, 3.63) is 183 Å². The number of rotatable bonds is 10. The predicted octanol–water partition coefficient (Wildman–Crippen LogP) is 12.7. The SMILES string of the molecule is C=CC/C=C\C=C/C(C)C(=C)c1ccc2c(c1)c1cc(-c3cccc4ccccc34)ccc1n2-c1ccc(N(C)c2ccccc2)cc1. The van der Waals surface area contributed by atoms with Gasteiger partial charge in [-0.2, -0.15) is 0 Å². The van der Waals surface area contributed by atoms with Gasteiger partial charge in [-0.3, -0.25) is 0 Å². The molecule has 0 aliphatic heterocycles. The minimum absolute atomic E-state index is 0.199. The van der Waals surface area contributed by atoms with E-state index in [-0.39, 0.29) is 5.92 Å². The van der Waals surface area contributed by atoms with Crippen molar-refractivity contribution in [1.82, 2.24) is 4.57 Å². The fraction of sp³-hybridized carbons (Fsp3) is 0.0870. The molecule has 0 saturated heterocycles. The summed E-state index contributed by atoms with van der Waals surface area (Å²) in [6.45, 7) is 10.5. The van der Waals surface area contributed by atoms with Crippen LogP contribution in [0.4, 0.5) is 11.4 Å². The summed E-state index contributed by atoms with van der Waals surface area (Å²) in [5.41, 5.74) is 10.5. The summed E-state index contributed by atoms with van der Waals surface area (Å²) in [6, 6.07) is 48.3. The molecular formula is C46H40N2. The Morgan fingerprint density at radius 2 is 1.40 bits per heavy atom. The summed E-state index contributed by atoms with van der Waals surface area (Å²) >= 11 is 0. The van der Waals surface area contributed by atoms with Crippen molar-refractivity contribution in [3.8, 4) is 16.8 Å². The standard InChI is InChI=1S/C46H40N2/c1-5-6-7-8-10-16-33(2)34(3)36-23-29-45-43(31-36)44-32-37(42-22-15-18-35-17-13-14-21-41(35)42)24-30-46(44)48(45)40-27-25-39(26-28-40)47(4)38-19-11-9-12-20-38/h5,7-33H,1,3,6H2,2,4H3/b8-7-,16-10-. The summed E-state index contributed by atoms with van der Waals surface area (Å²) in [7, 11) is 2.11. The minimum atomic E-state index is 0.199. The number of nitrogens with zero attached hydrogens (tertiary/aromatic N) is 2. The van der Waals surface area contributed by atoms with Crippen LogP contribution in [-0.4, -0.2) is 11.6 Å². The van der Waals surface area contributed by atoms with Gasteiger partial charge in [0.25, 0.3) is 0 Å². The van der Waals surface area contributed by atoms with Crippen LogP contribution < -0.4 is 4.90 Å². The molecule has 0 aliphatic rings. The maximum Gasteiger partial charge on any atom is 0.0541 e. The van der Waals surface area contributed by atoms with Crippen molar-refractivity contribution < 1.29 is 0 Å². The summed E-state index contributed by atoms with van der Waals surface area (Å²) < 4.78 is 2.39. The van der Waals surface area contributed by atoms with E-state index in [0.29, 0.717) is 0 Å². The number of para-hydroxylation sites is 1. The van der Waals surface area contributed by atoms with E-state index in [1.807, 2.05) is 6.08 Å². The lowest BCUT2D eigenvalue weighted by atomic mass is 9.93. The normalized spacial score (nSPS) is 12.4. The highest BCUT2D eigenvalue weighted by Gasteiger charge is 2.17. The highest BCUT2D eigenvalue weighted by molar-refractivity contribution is 6.12. The Labute approximate surface area is 283 Å². The third-order valence-corrected chi connectivity index (χ3v) is 9.37. The van der Waals surface area contributed by atoms with Gasteiger partial charge in [-0.05, 0) is 106 Å². The molecule has 0 radical (unpaired) electrons. The van der Waals surface area contributed by atoms with Gasteiger partial charge in [0.05, 0.1) is 11.0 Å². The van der Waals surface area contributed by atoms with Crippen LogP contribution in [0.25, 0.3) is 55.0 Å². The van der Waals surface area contributed by atoms with Crippen molar-refractivity contribution in [3.63, 3.8) is 0 Å². The zero-order valence-corrected chi connectivity index (χ0v) is 27.7. The van der Waals surface area contributed by atoms with Crippen LogP contribution in [-0.2, 0) is 0 Å². The Morgan fingerprint density at radius 1 is 0.708 bits per heavy atom. The molecule has 48 heavy (non-hydrogen) atoms. The lowest BCUT2D eigenvalue weighted by Gasteiger charge is -2.20.